The molecular weight excluding hydrogens is 577 g/mol. The van der Waals surface area contributed by atoms with Crippen LogP contribution in [0, 0.1) is 5.82 Å². The van der Waals surface area contributed by atoms with E-state index >= 15 is 0 Å². The van der Waals surface area contributed by atoms with Crippen LogP contribution in [0.15, 0.2) is 73.2 Å². The van der Waals surface area contributed by atoms with Crippen molar-refractivity contribution < 1.29 is 12.8 Å². The number of sulfonamides is 1. The first-order chi connectivity index (χ1) is 21.3. The molecule has 1 aliphatic rings. The maximum absolute atomic E-state index is 14.6. The van der Waals surface area contributed by atoms with E-state index in [0.717, 1.165) is 70.3 Å². The van der Waals surface area contributed by atoms with Gasteiger partial charge in [0.05, 0.1) is 17.5 Å². The fourth-order valence-corrected chi connectivity index (χ4v) is 6.46. The average Bonchev–Trinajstić information content (AvgIpc) is 3.64. The molecular formula is C33H32FN7O2S. The van der Waals surface area contributed by atoms with Gasteiger partial charge in [-0.1, -0.05) is 12.5 Å². The smallest absolute Gasteiger partial charge is 0.209 e. The lowest BCUT2D eigenvalue weighted by Gasteiger charge is -2.26. The van der Waals surface area contributed by atoms with E-state index in [4.69, 9.17) is 0 Å². The number of rotatable bonds is 8. The van der Waals surface area contributed by atoms with Crippen LogP contribution < -0.4 is 4.72 Å². The van der Waals surface area contributed by atoms with Crippen LogP contribution in [0.4, 0.5) is 4.39 Å². The number of likely N-dealkylation sites (tertiary alicyclic amines) is 1. The minimum absolute atomic E-state index is 0.00547. The highest BCUT2D eigenvalue weighted by Gasteiger charge is 2.17. The first kappa shape index (κ1) is 28.3. The highest BCUT2D eigenvalue weighted by Crippen LogP contribution is 2.35. The molecule has 0 saturated carbocycles. The van der Waals surface area contributed by atoms with Crippen LogP contribution >= 0.6 is 0 Å². The van der Waals surface area contributed by atoms with E-state index in [1.54, 1.807) is 12.3 Å². The predicted octanol–water partition coefficient (Wildman–Crippen LogP) is 6.01. The number of aromatic nitrogens is 5. The van der Waals surface area contributed by atoms with Gasteiger partial charge in [0.15, 0.2) is 0 Å². The maximum Gasteiger partial charge on any atom is 0.209 e. The van der Waals surface area contributed by atoms with Crippen LogP contribution in [0.25, 0.3) is 55.6 Å². The Balaban J connectivity index is 1.23. The van der Waals surface area contributed by atoms with Crippen molar-refractivity contribution in [2.45, 2.75) is 32.4 Å². The van der Waals surface area contributed by atoms with Gasteiger partial charge in [-0.3, -0.25) is 15.0 Å². The zero-order valence-electron chi connectivity index (χ0n) is 24.3. The molecule has 224 valence electrons. The molecule has 5 heterocycles. The van der Waals surface area contributed by atoms with Crippen LogP contribution in [-0.4, -0.2) is 57.8 Å². The van der Waals surface area contributed by atoms with E-state index in [2.05, 4.69) is 53.0 Å². The maximum atomic E-state index is 14.6. The molecule has 0 atom stereocenters. The van der Waals surface area contributed by atoms with Gasteiger partial charge in [-0.25, -0.2) is 22.5 Å². The van der Waals surface area contributed by atoms with Crippen molar-refractivity contribution in [3.8, 4) is 33.6 Å². The minimum Gasteiger partial charge on any atom is -0.338 e. The fraction of sp³-hybridized carbons (Fsp3) is 0.242. The van der Waals surface area contributed by atoms with Gasteiger partial charge >= 0.3 is 0 Å². The summed E-state index contributed by atoms with van der Waals surface area (Å²) in [5, 5.41) is 9.54. The number of H-pyrrole nitrogens is 2. The Labute approximate surface area is 254 Å². The molecule has 2 aromatic carbocycles. The molecule has 0 radical (unpaired) electrons. The highest BCUT2D eigenvalue weighted by atomic mass is 32.2. The van der Waals surface area contributed by atoms with Gasteiger partial charge in [-0.2, -0.15) is 5.10 Å². The van der Waals surface area contributed by atoms with Crippen molar-refractivity contribution in [2.75, 3.05) is 19.3 Å². The number of nitrogens with one attached hydrogen (secondary N) is 3. The van der Waals surface area contributed by atoms with Crippen molar-refractivity contribution >= 4 is 32.0 Å². The predicted molar refractivity (Wildman–Crippen MR) is 171 cm³/mol. The Morgan fingerprint density at radius 2 is 1.75 bits per heavy atom. The molecule has 6 aromatic rings. The van der Waals surface area contributed by atoms with Gasteiger partial charge in [0.2, 0.25) is 10.0 Å². The number of piperidine rings is 1. The average molecular weight is 610 g/mol. The van der Waals surface area contributed by atoms with Gasteiger partial charge in [-0.15, -0.1) is 0 Å². The van der Waals surface area contributed by atoms with Crippen LogP contribution in [0.5, 0.6) is 0 Å². The van der Waals surface area contributed by atoms with E-state index < -0.39 is 15.8 Å². The summed E-state index contributed by atoms with van der Waals surface area (Å²) in [6.07, 6.45) is 10.4. The second-order valence-corrected chi connectivity index (χ2v) is 13.3. The number of hydrogen-bond donors (Lipinski definition) is 3. The molecule has 3 N–H and O–H groups in total. The molecule has 4 aromatic heterocycles. The van der Waals surface area contributed by atoms with Crippen LogP contribution in [-0.2, 0) is 23.1 Å². The van der Waals surface area contributed by atoms with E-state index in [1.807, 2.05) is 30.6 Å². The summed E-state index contributed by atoms with van der Waals surface area (Å²) in [4.78, 5) is 15.0. The van der Waals surface area contributed by atoms with Gasteiger partial charge < -0.3 is 4.98 Å². The molecule has 1 saturated heterocycles. The standard InChI is InChI=1S/C33H32FN7O2S/c1-44(42,43)37-18-21-11-24(14-26(34)13-21)27-7-8-36-33-28(27)16-31(38-33)32-29-15-23(5-6-30(29)39-40-32)25-12-22(17-35-19-25)20-41-9-3-2-4-10-41/h5-8,11-17,19,37H,2-4,9-10,18,20H2,1H3,(H,36,38)(H,39,40). The second-order valence-electron chi connectivity index (χ2n) is 11.5. The van der Waals surface area contributed by atoms with Crippen molar-refractivity contribution in [1.29, 1.82) is 0 Å². The molecule has 44 heavy (non-hydrogen) atoms. The molecule has 0 spiro atoms. The lowest BCUT2D eigenvalue weighted by Crippen LogP contribution is -2.29. The van der Waals surface area contributed by atoms with Crippen LogP contribution in [0.3, 0.4) is 0 Å². The van der Waals surface area contributed by atoms with Crippen LogP contribution in [0.1, 0.15) is 30.4 Å². The number of halogens is 1. The molecule has 11 heteroatoms. The summed E-state index contributed by atoms with van der Waals surface area (Å²) < 4.78 is 40.2. The molecule has 1 fully saturated rings. The molecule has 0 unspecified atom stereocenters. The summed E-state index contributed by atoms with van der Waals surface area (Å²) in [5.41, 5.74) is 8.30. The third-order valence-electron chi connectivity index (χ3n) is 8.14. The normalized spacial score (nSPS) is 14.5. The lowest BCUT2D eigenvalue weighted by molar-refractivity contribution is 0.220. The summed E-state index contributed by atoms with van der Waals surface area (Å²) in [5.74, 6) is -0.450. The Hall–Kier alpha value is -4.45. The van der Waals surface area contributed by atoms with Gasteiger partial charge in [0.1, 0.15) is 17.2 Å². The number of fused-ring (bicyclic) bond motifs is 2. The fourth-order valence-electron chi connectivity index (χ4n) is 6.04. The number of nitrogens with zero attached hydrogens (tertiary/aromatic N) is 4. The SMILES string of the molecule is CS(=O)(=O)NCc1cc(F)cc(-c2ccnc3[nH]c(-c4n[nH]c5ccc(-c6cncc(CN7CCCCC7)c6)cc45)cc23)c1. The summed E-state index contributed by atoms with van der Waals surface area (Å²) in [6.45, 7) is 3.17. The Morgan fingerprint density at radius 1 is 0.909 bits per heavy atom. The Bertz CT molecular complexity index is 2100. The second kappa shape index (κ2) is 11.6. The van der Waals surface area contributed by atoms with Gasteiger partial charge in [0, 0.05) is 48.0 Å². The molecule has 9 nitrogen and oxygen atoms in total. The van der Waals surface area contributed by atoms with E-state index in [9.17, 15) is 12.8 Å². The molecule has 0 aliphatic carbocycles. The first-order valence-corrected chi connectivity index (χ1v) is 16.6. The Morgan fingerprint density at radius 3 is 2.59 bits per heavy atom. The molecule has 0 bridgehead atoms. The minimum atomic E-state index is -3.42. The quantitative estimate of drug-likeness (QED) is 0.195. The summed E-state index contributed by atoms with van der Waals surface area (Å²) >= 11 is 0. The third-order valence-corrected chi connectivity index (χ3v) is 8.81. The van der Waals surface area contributed by atoms with E-state index in [1.165, 1.54) is 37.0 Å². The lowest BCUT2D eigenvalue weighted by atomic mass is 10.0. The molecule has 1 aliphatic heterocycles. The summed E-state index contributed by atoms with van der Waals surface area (Å²) in [7, 11) is -3.42. The van der Waals surface area contributed by atoms with Crippen LogP contribution in [0.2, 0.25) is 0 Å². The van der Waals surface area contributed by atoms with Crippen molar-refractivity contribution in [3.05, 3.63) is 90.1 Å². The number of pyridine rings is 2. The Kier molecular flexibility index (Phi) is 7.45. The van der Waals surface area contributed by atoms with Gasteiger partial charge in [-0.05, 0) is 102 Å². The number of hydrogen-bond acceptors (Lipinski definition) is 6. The van der Waals surface area contributed by atoms with E-state index in [-0.39, 0.29) is 6.54 Å². The topological polar surface area (TPSA) is 120 Å². The largest absolute Gasteiger partial charge is 0.338 e. The molecule has 0 amide bonds. The van der Waals surface area contributed by atoms with Crippen molar-refractivity contribution in [2.24, 2.45) is 0 Å². The zero-order valence-corrected chi connectivity index (χ0v) is 25.1. The van der Waals surface area contributed by atoms with Crippen molar-refractivity contribution in [1.82, 2.24) is 34.8 Å². The first-order valence-electron chi connectivity index (χ1n) is 14.7. The zero-order chi connectivity index (χ0) is 30.3. The van der Waals surface area contributed by atoms with Crippen molar-refractivity contribution in [3.63, 3.8) is 0 Å². The van der Waals surface area contributed by atoms with Gasteiger partial charge in [0.25, 0.3) is 0 Å². The summed E-state index contributed by atoms with van der Waals surface area (Å²) in [6, 6.07) is 16.8. The number of aromatic amines is 2. The molecule has 7 rings (SSSR count). The highest BCUT2D eigenvalue weighted by molar-refractivity contribution is 7.88. The number of benzene rings is 2. The van der Waals surface area contributed by atoms with E-state index in [0.29, 0.717) is 16.8 Å². The third kappa shape index (κ3) is 5.99. The monoisotopic (exact) mass is 609 g/mol.